The average Bonchev–Trinajstić information content (AvgIpc) is 3.36. The number of halogens is 3. The van der Waals surface area contributed by atoms with Crippen LogP contribution in [0.2, 0.25) is 10.0 Å². The SMILES string of the molecule is O=C1OCCC12CCC(Oc1cccc(S(=O)(=O)Nc3ccc(Cl)c4c(Cl)c[nH]c34)c1F)CC2. The third-order valence-electron chi connectivity index (χ3n) is 6.63. The molecule has 1 aliphatic heterocycles. The van der Waals surface area contributed by atoms with Gasteiger partial charge < -0.3 is 14.5 Å². The van der Waals surface area contributed by atoms with Crippen molar-refractivity contribution in [1.29, 1.82) is 0 Å². The van der Waals surface area contributed by atoms with Crippen LogP contribution < -0.4 is 9.46 Å². The molecular weight excluding hydrogens is 506 g/mol. The van der Waals surface area contributed by atoms with Crippen LogP contribution in [-0.4, -0.2) is 32.1 Å². The number of fused-ring (bicyclic) bond motifs is 1. The molecule has 2 N–H and O–H groups in total. The van der Waals surface area contributed by atoms with Crippen molar-refractivity contribution in [3.05, 3.63) is 52.4 Å². The van der Waals surface area contributed by atoms with Gasteiger partial charge >= 0.3 is 5.97 Å². The Hall–Kier alpha value is -2.49. The Morgan fingerprint density at radius 1 is 1.12 bits per heavy atom. The van der Waals surface area contributed by atoms with E-state index in [0.29, 0.717) is 59.7 Å². The summed E-state index contributed by atoms with van der Waals surface area (Å²) in [5.74, 6) is -1.30. The fraction of sp³-hybridized carbons (Fsp3) is 0.348. The van der Waals surface area contributed by atoms with Gasteiger partial charge in [-0.25, -0.2) is 12.8 Å². The minimum Gasteiger partial charge on any atom is -0.487 e. The first-order chi connectivity index (χ1) is 16.2. The second kappa shape index (κ2) is 8.62. The van der Waals surface area contributed by atoms with Crippen molar-refractivity contribution in [2.24, 2.45) is 5.41 Å². The molecule has 0 amide bonds. The van der Waals surface area contributed by atoms with Gasteiger partial charge in [-0.3, -0.25) is 9.52 Å². The molecule has 11 heteroatoms. The van der Waals surface area contributed by atoms with E-state index in [9.17, 15) is 13.2 Å². The normalized spacial score (nSPS) is 22.8. The van der Waals surface area contributed by atoms with Gasteiger partial charge in [-0.1, -0.05) is 29.3 Å². The summed E-state index contributed by atoms with van der Waals surface area (Å²) in [6.45, 7) is 0.431. The second-order valence-corrected chi connectivity index (χ2v) is 11.1. The Balaban J connectivity index is 1.36. The summed E-state index contributed by atoms with van der Waals surface area (Å²) >= 11 is 12.3. The lowest BCUT2D eigenvalue weighted by Gasteiger charge is -2.34. The van der Waals surface area contributed by atoms with Crippen LogP contribution in [0.15, 0.2) is 41.4 Å². The number of carbonyl (C=O) groups excluding carboxylic acids is 1. The van der Waals surface area contributed by atoms with Crippen molar-refractivity contribution in [3.63, 3.8) is 0 Å². The van der Waals surface area contributed by atoms with Crippen molar-refractivity contribution in [1.82, 2.24) is 4.98 Å². The molecule has 7 nitrogen and oxygen atoms in total. The molecule has 0 unspecified atom stereocenters. The molecule has 5 rings (SSSR count). The molecule has 0 bridgehead atoms. The van der Waals surface area contributed by atoms with Crippen molar-refractivity contribution in [2.45, 2.75) is 43.1 Å². The lowest BCUT2D eigenvalue weighted by molar-refractivity contribution is -0.148. The molecule has 3 aromatic rings. The highest BCUT2D eigenvalue weighted by Crippen LogP contribution is 2.45. The number of ether oxygens (including phenoxy) is 2. The largest absolute Gasteiger partial charge is 0.487 e. The van der Waals surface area contributed by atoms with Crippen LogP contribution in [0.25, 0.3) is 10.9 Å². The summed E-state index contributed by atoms with van der Waals surface area (Å²) in [5.41, 5.74) is 0.103. The van der Waals surface area contributed by atoms with Gasteiger partial charge in [-0.05, 0) is 56.4 Å². The molecule has 0 radical (unpaired) electrons. The summed E-state index contributed by atoms with van der Waals surface area (Å²) < 4.78 is 54.8. The Kier molecular flexibility index (Phi) is 5.90. The molecule has 34 heavy (non-hydrogen) atoms. The number of hydrogen-bond acceptors (Lipinski definition) is 5. The molecule has 1 spiro atoms. The zero-order valence-electron chi connectivity index (χ0n) is 17.9. The molecule has 1 aromatic heterocycles. The molecular formula is C23H21Cl2FN2O5S. The number of carbonyl (C=O) groups is 1. The minimum atomic E-state index is -4.30. The van der Waals surface area contributed by atoms with Crippen LogP contribution in [0.5, 0.6) is 5.75 Å². The Morgan fingerprint density at radius 2 is 1.88 bits per heavy atom. The van der Waals surface area contributed by atoms with E-state index in [1.807, 2.05) is 0 Å². The number of cyclic esters (lactones) is 1. The van der Waals surface area contributed by atoms with Gasteiger partial charge in [-0.2, -0.15) is 0 Å². The Labute approximate surface area is 205 Å². The lowest BCUT2D eigenvalue weighted by atomic mass is 9.72. The zero-order valence-corrected chi connectivity index (χ0v) is 20.2. The first-order valence-electron chi connectivity index (χ1n) is 10.8. The van der Waals surface area contributed by atoms with Crippen LogP contribution in [0.1, 0.15) is 32.1 Å². The van der Waals surface area contributed by atoms with Crippen molar-refractivity contribution in [3.8, 4) is 5.75 Å². The minimum absolute atomic E-state index is 0.151. The van der Waals surface area contributed by atoms with Crippen molar-refractivity contribution >= 4 is 55.8 Å². The maximum absolute atomic E-state index is 15.3. The first-order valence-corrected chi connectivity index (χ1v) is 13.0. The topological polar surface area (TPSA) is 97.5 Å². The van der Waals surface area contributed by atoms with E-state index in [-0.39, 0.29) is 23.5 Å². The summed E-state index contributed by atoms with van der Waals surface area (Å²) in [5, 5.41) is 1.15. The fourth-order valence-electron chi connectivity index (χ4n) is 4.73. The first kappa shape index (κ1) is 23.3. The van der Waals surface area contributed by atoms with Gasteiger partial charge in [-0.15, -0.1) is 0 Å². The number of sulfonamides is 1. The second-order valence-electron chi connectivity index (χ2n) is 8.64. The molecule has 180 valence electrons. The highest BCUT2D eigenvalue weighted by atomic mass is 35.5. The van der Waals surface area contributed by atoms with E-state index in [4.69, 9.17) is 32.7 Å². The van der Waals surface area contributed by atoms with Gasteiger partial charge in [0.25, 0.3) is 10.0 Å². The van der Waals surface area contributed by atoms with E-state index < -0.39 is 26.2 Å². The van der Waals surface area contributed by atoms with Gasteiger partial charge in [0.2, 0.25) is 0 Å². The Bertz CT molecular complexity index is 1380. The van der Waals surface area contributed by atoms with Crippen LogP contribution in [-0.2, 0) is 19.6 Å². The maximum atomic E-state index is 15.3. The van der Waals surface area contributed by atoms with Gasteiger partial charge in [0.1, 0.15) is 4.90 Å². The predicted molar refractivity (Wildman–Crippen MR) is 126 cm³/mol. The third-order valence-corrected chi connectivity index (χ3v) is 8.62. The van der Waals surface area contributed by atoms with Crippen LogP contribution >= 0.6 is 23.2 Å². The number of aromatic nitrogens is 1. The molecule has 0 atom stereocenters. The maximum Gasteiger partial charge on any atom is 0.312 e. The summed E-state index contributed by atoms with van der Waals surface area (Å²) in [4.78, 5) is 14.4. The molecule has 1 aliphatic carbocycles. The van der Waals surface area contributed by atoms with E-state index in [2.05, 4.69) is 9.71 Å². The summed E-state index contributed by atoms with van der Waals surface area (Å²) in [6.07, 6.45) is 4.17. The number of nitrogens with one attached hydrogen (secondary N) is 2. The van der Waals surface area contributed by atoms with Crippen LogP contribution in [0, 0.1) is 11.2 Å². The monoisotopic (exact) mass is 526 g/mol. The quantitative estimate of drug-likeness (QED) is 0.417. The number of hydrogen-bond donors (Lipinski definition) is 2. The number of anilines is 1. The van der Waals surface area contributed by atoms with E-state index >= 15 is 4.39 Å². The molecule has 2 fully saturated rings. The molecule has 1 saturated carbocycles. The van der Waals surface area contributed by atoms with Crippen LogP contribution in [0.3, 0.4) is 0 Å². The third kappa shape index (κ3) is 3.99. The zero-order chi connectivity index (χ0) is 24.1. The molecule has 1 saturated heterocycles. The highest BCUT2D eigenvalue weighted by Gasteiger charge is 2.47. The van der Waals surface area contributed by atoms with E-state index in [1.54, 1.807) is 0 Å². The van der Waals surface area contributed by atoms with Crippen molar-refractivity contribution in [2.75, 3.05) is 11.3 Å². The van der Waals surface area contributed by atoms with E-state index in [1.165, 1.54) is 36.5 Å². The number of rotatable bonds is 5. The van der Waals surface area contributed by atoms with Gasteiger partial charge in [0.15, 0.2) is 11.6 Å². The molecule has 2 aliphatic rings. The average molecular weight is 527 g/mol. The summed E-state index contributed by atoms with van der Waals surface area (Å²) in [6, 6.07) is 6.97. The fourth-order valence-corrected chi connectivity index (χ4v) is 6.45. The number of aromatic amines is 1. The van der Waals surface area contributed by atoms with Crippen molar-refractivity contribution < 1.29 is 27.1 Å². The summed E-state index contributed by atoms with van der Waals surface area (Å²) in [7, 11) is -4.30. The van der Waals surface area contributed by atoms with E-state index in [0.717, 1.165) is 0 Å². The Morgan fingerprint density at radius 3 is 2.59 bits per heavy atom. The van der Waals surface area contributed by atoms with Crippen LogP contribution in [0.4, 0.5) is 10.1 Å². The van der Waals surface area contributed by atoms with Gasteiger partial charge in [0, 0.05) is 11.6 Å². The number of benzene rings is 2. The molecule has 2 aromatic carbocycles. The predicted octanol–water partition coefficient (Wildman–Crippen LogP) is 5.67. The molecule has 2 heterocycles. The smallest absolute Gasteiger partial charge is 0.312 e. The lowest BCUT2D eigenvalue weighted by Crippen LogP contribution is -2.35. The number of esters is 1. The standard InChI is InChI=1S/C23H21Cl2FN2O5S/c24-14-4-5-16(21-19(14)15(25)12-27-21)28-34(30,31)18-3-1-2-17(20(18)26)33-13-6-8-23(9-7-13)10-11-32-22(23)29/h1-5,12-13,27-28H,6-11H2. The highest BCUT2D eigenvalue weighted by molar-refractivity contribution is 7.92. The van der Waals surface area contributed by atoms with Gasteiger partial charge in [0.05, 0.1) is 39.4 Å². The number of H-pyrrole nitrogens is 1.